The molecule has 0 bridgehead atoms. The first-order valence-corrected chi connectivity index (χ1v) is 7.64. The molecule has 2 amide bonds. The van der Waals surface area contributed by atoms with Crippen molar-refractivity contribution in [3.63, 3.8) is 0 Å². The number of carbonyl (C=O) groups is 2. The Bertz CT molecular complexity index is 595. The summed E-state index contributed by atoms with van der Waals surface area (Å²) in [5, 5.41) is 8.77. The largest absolute Gasteiger partial charge is 0.368 e. The summed E-state index contributed by atoms with van der Waals surface area (Å²) in [5.41, 5.74) is 6.58. The van der Waals surface area contributed by atoms with Crippen LogP contribution in [0, 0.1) is 5.92 Å². The van der Waals surface area contributed by atoms with Crippen LogP contribution in [-0.2, 0) is 9.59 Å². The lowest BCUT2D eigenvalue weighted by Crippen LogP contribution is -2.40. The summed E-state index contributed by atoms with van der Waals surface area (Å²) >= 11 is 0. The van der Waals surface area contributed by atoms with Crippen LogP contribution in [0.5, 0.6) is 0 Å². The molecule has 1 saturated carbocycles. The normalized spacial score (nSPS) is 21.2. The van der Waals surface area contributed by atoms with Gasteiger partial charge in [-0.15, -0.1) is 0 Å². The number of nitrogens with two attached hydrogens (primary N) is 1. The molecule has 2 aliphatic rings. The van der Waals surface area contributed by atoms with Crippen molar-refractivity contribution in [3.05, 3.63) is 30.3 Å². The molecule has 1 aliphatic heterocycles. The highest BCUT2D eigenvalue weighted by atomic mass is 16.2. The molecule has 0 spiro atoms. The smallest absolute Gasteiger partial charge is 0.267 e. The number of nitrogens with zero attached hydrogens (tertiary/aromatic N) is 2. The zero-order valence-corrected chi connectivity index (χ0v) is 12.4. The van der Waals surface area contributed by atoms with E-state index in [1.54, 1.807) is 5.01 Å². The molecular weight excluding hydrogens is 280 g/mol. The van der Waals surface area contributed by atoms with Crippen molar-refractivity contribution < 1.29 is 9.59 Å². The maximum absolute atomic E-state index is 12.2. The van der Waals surface area contributed by atoms with Crippen LogP contribution in [0.4, 0.5) is 5.69 Å². The summed E-state index contributed by atoms with van der Waals surface area (Å²) < 4.78 is 0. The first-order valence-electron chi connectivity index (χ1n) is 7.64. The third kappa shape index (κ3) is 2.95. The molecule has 6 heteroatoms. The van der Waals surface area contributed by atoms with E-state index in [-0.39, 0.29) is 12.3 Å². The van der Waals surface area contributed by atoms with E-state index in [2.05, 4.69) is 10.4 Å². The molecule has 1 aliphatic carbocycles. The van der Waals surface area contributed by atoms with Gasteiger partial charge in [-0.05, 0) is 30.9 Å². The quantitative estimate of drug-likeness (QED) is 0.851. The number of amides is 2. The number of rotatable bonds is 5. The predicted molar refractivity (Wildman–Crippen MR) is 84.3 cm³/mol. The van der Waals surface area contributed by atoms with E-state index in [1.807, 2.05) is 30.3 Å². The van der Waals surface area contributed by atoms with Gasteiger partial charge in [0.15, 0.2) is 0 Å². The van der Waals surface area contributed by atoms with Crippen molar-refractivity contribution in [2.24, 2.45) is 16.8 Å². The Labute approximate surface area is 129 Å². The minimum absolute atomic E-state index is 0.198. The zero-order chi connectivity index (χ0) is 15.5. The highest BCUT2D eigenvalue weighted by Crippen LogP contribution is 2.26. The Morgan fingerprint density at radius 1 is 1.27 bits per heavy atom. The highest BCUT2D eigenvalue weighted by Gasteiger charge is 2.35. The van der Waals surface area contributed by atoms with E-state index in [0.717, 1.165) is 5.69 Å². The lowest BCUT2D eigenvalue weighted by Gasteiger charge is -2.25. The van der Waals surface area contributed by atoms with Gasteiger partial charge in [0.25, 0.3) is 5.91 Å². The van der Waals surface area contributed by atoms with Gasteiger partial charge in [-0.25, -0.2) is 0 Å². The van der Waals surface area contributed by atoms with E-state index in [4.69, 9.17) is 5.73 Å². The maximum atomic E-state index is 12.2. The van der Waals surface area contributed by atoms with Gasteiger partial charge in [0.05, 0.1) is 5.69 Å². The molecule has 1 aromatic carbocycles. The molecule has 1 fully saturated rings. The molecule has 22 heavy (non-hydrogen) atoms. The summed E-state index contributed by atoms with van der Waals surface area (Å²) in [6.07, 6.45) is 3.84. The van der Waals surface area contributed by atoms with Crippen molar-refractivity contribution in [1.82, 2.24) is 5.32 Å². The van der Waals surface area contributed by atoms with E-state index in [9.17, 15) is 9.59 Å². The van der Waals surface area contributed by atoms with Gasteiger partial charge in [-0.1, -0.05) is 24.6 Å². The Balaban J connectivity index is 1.71. The van der Waals surface area contributed by atoms with Crippen molar-refractivity contribution in [2.75, 3.05) is 11.6 Å². The summed E-state index contributed by atoms with van der Waals surface area (Å²) in [6, 6.07) is 8.68. The van der Waals surface area contributed by atoms with Crippen LogP contribution in [0.3, 0.4) is 0 Å². The molecule has 0 aromatic heterocycles. The lowest BCUT2D eigenvalue weighted by atomic mass is 9.85. The second-order valence-corrected chi connectivity index (χ2v) is 5.86. The molecule has 0 saturated heterocycles. The number of carbonyl (C=O) groups excluding carboxylic acids is 2. The van der Waals surface area contributed by atoms with Crippen LogP contribution < -0.4 is 16.1 Å². The van der Waals surface area contributed by atoms with E-state index >= 15 is 0 Å². The number of primary amides is 1. The summed E-state index contributed by atoms with van der Waals surface area (Å²) in [4.78, 5) is 23.9. The van der Waals surface area contributed by atoms with Crippen LogP contribution in [0.1, 0.15) is 25.7 Å². The fourth-order valence-electron chi connectivity index (χ4n) is 2.72. The Kier molecular flexibility index (Phi) is 4.09. The second kappa shape index (κ2) is 6.17. The number of anilines is 1. The summed E-state index contributed by atoms with van der Waals surface area (Å²) in [6.45, 7) is 0.685. The average molecular weight is 300 g/mol. The van der Waals surface area contributed by atoms with E-state index in [0.29, 0.717) is 18.2 Å². The van der Waals surface area contributed by atoms with Crippen molar-refractivity contribution in [3.8, 4) is 0 Å². The molecule has 0 radical (unpaired) electrons. The number of benzene rings is 1. The van der Waals surface area contributed by atoms with Crippen LogP contribution in [-0.4, -0.2) is 30.1 Å². The highest BCUT2D eigenvalue weighted by molar-refractivity contribution is 6.40. The first-order chi connectivity index (χ1) is 10.6. The van der Waals surface area contributed by atoms with Gasteiger partial charge in [0.1, 0.15) is 11.8 Å². The van der Waals surface area contributed by atoms with Crippen molar-refractivity contribution in [2.45, 2.75) is 31.7 Å². The Hall–Kier alpha value is -2.37. The van der Waals surface area contributed by atoms with E-state index in [1.165, 1.54) is 19.3 Å². The van der Waals surface area contributed by atoms with E-state index < -0.39 is 11.9 Å². The molecule has 6 nitrogen and oxygen atoms in total. The van der Waals surface area contributed by atoms with Crippen LogP contribution in [0.25, 0.3) is 0 Å². The molecule has 3 rings (SSSR count). The van der Waals surface area contributed by atoms with Crippen molar-refractivity contribution in [1.29, 1.82) is 0 Å². The van der Waals surface area contributed by atoms with Gasteiger partial charge >= 0.3 is 0 Å². The maximum Gasteiger partial charge on any atom is 0.267 e. The Morgan fingerprint density at radius 2 is 2.00 bits per heavy atom. The topological polar surface area (TPSA) is 87.8 Å². The van der Waals surface area contributed by atoms with Gasteiger partial charge < -0.3 is 11.1 Å². The molecule has 3 N–H and O–H groups in total. The van der Waals surface area contributed by atoms with Crippen LogP contribution in [0.2, 0.25) is 0 Å². The number of hydrogen-bond acceptors (Lipinski definition) is 4. The first kappa shape index (κ1) is 14.6. The number of hydrazone groups is 1. The number of para-hydroxylation sites is 1. The minimum Gasteiger partial charge on any atom is -0.368 e. The fourth-order valence-corrected chi connectivity index (χ4v) is 2.72. The SMILES string of the molecule is NC(=O)C1CC(C(=O)NCC2CCC2)=NN1c1ccccc1. The molecular formula is C16H20N4O2. The molecule has 1 atom stereocenters. The number of nitrogens with one attached hydrogen (secondary N) is 1. The summed E-state index contributed by atoms with van der Waals surface area (Å²) in [7, 11) is 0. The molecule has 116 valence electrons. The average Bonchev–Trinajstić information content (AvgIpc) is 2.92. The minimum atomic E-state index is -0.605. The Morgan fingerprint density at radius 3 is 2.59 bits per heavy atom. The lowest BCUT2D eigenvalue weighted by molar-refractivity contribution is -0.119. The van der Waals surface area contributed by atoms with Gasteiger partial charge in [-0.3, -0.25) is 14.6 Å². The molecule has 1 heterocycles. The third-order valence-electron chi connectivity index (χ3n) is 4.30. The third-order valence-corrected chi connectivity index (χ3v) is 4.30. The predicted octanol–water partition coefficient (Wildman–Crippen LogP) is 1.02. The van der Waals surface area contributed by atoms with Crippen LogP contribution >= 0.6 is 0 Å². The standard InChI is InChI=1S/C16H20N4O2/c17-15(21)14-9-13(16(22)18-10-11-5-4-6-11)19-20(14)12-7-2-1-3-8-12/h1-3,7-8,11,14H,4-6,9-10H2,(H2,17,21)(H,18,22). The zero-order valence-electron chi connectivity index (χ0n) is 12.4. The van der Waals surface area contributed by atoms with Gasteiger partial charge in [-0.2, -0.15) is 5.10 Å². The molecule has 1 unspecified atom stereocenters. The van der Waals surface area contributed by atoms with Gasteiger partial charge in [0.2, 0.25) is 5.91 Å². The monoisotopic (exact) mass is 300 g/mol. The van der Waals surface area contributed by atoms with Gasteiger partial charge in [0, 0.05) is 13.0 Å². The summed E-state index contributed by atoms with van der Waals surface area (Å²) in [5.74, 6) is -0.0888. The fraction of sp³-hybridized carbons (Fsp3) is 0.438. The number of hydrogen-bond donors (Lipinski definition) is 2. The van der Waals surface area contributed by atoms with Crippen molar-refractivity contribution >= 4 is 23.2 Å². The molecule has 1 aromatic rings. The van der Waals surface area contributed by atoms with Crippen LogP contribution in [0.15, 0.2) is 35.4 Å². The second-order valence-electron chi connectivity index (χ2n) is 5.86.